The molecule has 2 aromatic carbocycles. The molecule has 7 nitrogen and oxygen atoms in total. The first-order valence-corrected chi connectivity index (χ1v) is 11.0. The van der Waals surface area contributed by atoms with Crippen LogP contribution in [0.5, 0.6) is 0 Å². The number of benzene rings is 2. The number of carbonyl (C=O) groups excluding carboxylic acids is 1. The fraction of sp³-hybridized carbons (Fsp3) is 0.273. The molecule has 1 N–H and O–H groups in total. The second-order valence-electron chi connectivity index (χ2n) is 7.48. The third kappa shape index (κ3) is 4.33. The first-order chi connectivity index (χ1) is 15.2. The largest absolute Gasteiger partial charge is 0.337 e. The van der Waals surface area contributed by atoms with E-state index in [9.17, 15) is 9.18 Å². The Kier molecular flexibility index (Phi) is 5.44. The molecule has 1 aliphatic rings. The van der Waals surface area contributed by atoms with Gasteiger partial charge in [-0.1, -0.05) is 53.2 Å². The smallest absolute Gasteiger partial charge is 0.244 e. The molecule has 0 radical (unpaired) electrons. The summed E-state index contributed by atoms with van der Waals surface area (Å²) in [5.74, 6) is 0.586. The number of carbonyl (C=O) groups is 1. The van der Waals surface area contributed by atoms with E-state index in [2.05, 4.69) is 25.3 Å². The molecule has 1 aliphatic heterocycles. The summed E-state index contributed by atoms with van der Waals surface area (Å²) in [6.07, 6.45) is 2.89. The van der Waals surface area contributed by atoms with Crippen LogP contribution in [0.2, 0.25) is 0 Å². The maximum Gasteiger partial charge on any atom is 0.244 e. The van der Waals surface area contributed by atoms with Gasteiger partial charge in [0.1, 0.15) is 5.82 Å². The average Bonchev–Trinajstić information content (AvgIpc) is 3.41. The number of thiazole rings is 1. The van der Waals surface area contributed by atoms with Crippen molar-refractivity contribution >= 4 is 32.6 Å². The number of aromatic nitrogens is 3. The van der Waals surface area contributed by atoms with Gasteiger partial charge in [-0.3, -0.25) is 9.69 Å². The number of rotatable bonds is 5. The summed E-state index contributed by atoms with van der Waals surface area (Å²) in [5.41, 5.74) is 1.56. The van der Waals surface area contributed by atoms with Crippen molar-refractivity contribution in [3.8, 4) is 11.4 Å². The van der Waals surface area contributed by atoms with Gasteiger partial charge in [0.15, 0.2) is 5.13 Å². The second-order valence-corrected chi connectivity index (χ2v) is 8.51. The number of anilines is 1. The Labute approximate surface area is 181 Å². The summed E-state index contributed by atoms with van der Waals surface area (Å²) in [5, 5.41) is 7.42. The van der Waals surface area contributed by atoms with Crippen molar-refractivity contribution in [2.75, 3.05) is 18.4 Å². The standard InChI is InChI=1S/C22H20FN5O2S/c23-15-9-10-16-18(12-15)31-22(24-16)25-19(29)13-28-11-5-4-8-17(28)21-26-20(27-30-21)14-6-2-1-3-7-14/h1-3,6-7,9-10,12,17H,4-5,8,11,13H2,(H,24,25,29). The lowest BCUT2D eigenvalue weighted by atomic mass is 10.0. The lowest BCUT2D eigenvalue weighted by Gasteiger charge is -2.32. The molecule has 0 saturated carbocycles. The van der Waals surface area contributed by atoms with E-state index in [1.165, 1.54) is 23.5 Å². The highest BCUT2D eigenvalue weighted by Gasteiger charge is 2.30. The van der Waals surface area contributed by atoms with Crippen LogP contribution in [0.25, 0.3) is 21.6 Å². The number of piperidine rings is 1. The van der Waals surface area contributed by atoms with E-state index < -0.39 is 0 Å². The molecule has 1 saturated heterocycles. The van der Waals surface area contributed by atoms with Gasteiger partial charge in [0.05, 0.1) is 22.8 Å². The van der Waals surface area contributed by atoms with Gasteiger partial charge in [0, 0.05) is 5.56 Å². The van der Waals surface area contributed by atoms with Crippen molar-refractivity contribution in [1.29, 1.82) is 0 Å². The zero-order valence-electron chi connectivity index (χ0n) is 16.6. The normalized spacial score (nSPS) is 17.1. The monoisotopic (exact) mass is 437 g/mol. The van der Waals surface area contributed by atoms with E-state index in [0.717, 1.165) is 31.4 Å². The Morgan fingerprint density at radius 2 is 2.06 bits per heavy atom. The number of amides is 1. The van der Waals surface area contributed by atoms with Crippen LogP contribution in [0.15, 0.2) is 53.1 Å². The summed E-state index contributed by atoms with van der Waals surface area (Å²) < 4.78 is 19.7. The molecule has 31 heavy (non-hydrogen) atoms. The average molecular weight is 438 g/mol. The number of nitrogens with zero attached hydrogens (tertiary/aromatic N) is 4. The first kappa shape index (κ1) is 19.8. The molecule has 9 heteroatoms. The summed E-state index contributed by atoms with van der Waals surface area (Å²) in [6, 6.07) is 14.0. The molecule has 1 unspecified atom stereocenters. The van der Waals surface area contributed by atoms with Crippen molar-refractivity contribution in [3.05, 3.63) is 60.2 Å². The molecule has 0 spiro atoms. The van der Waals surface area contributed by atoms with Crippen molar-refractivity contribution in [1.82, 2.24) is 20.0 Å². The Morgan fingerprint density at radius 3 is 2.94 bits per heavy atom. The minimum atomic E-state index is -0.320. The van der Waals surface area contributed by atoms with Crippen LogP contribution in [0, 0.1) is 5.82 Å². The van der Waals surface area contributed by atoms with E-state index in [4.69, 9.17) is 4.52 Å². The molecule has 5 rings (SSSR count). The van der Waals surface area contributed by atoms with Gasteiger partial charge >= 0.3 is 0 Å². The number of fused-ring (bicyclic) bond motifs is 1. The van der Waals surface area contributed by atoms with Crippen molar-refractivity contribution in [2.45, 2.75) is 25.3 Å². The van der Waals surface area contributed by atoms with Gasteiger partial charge in [-0.2, -0.15) is 4.98 Å². The zero-order chi connectivity index (χ0) is 21.2. The summed E-state index contributed by atoms with van der Waals surface area (Å²) in [4.78, 5) is 23.7. The second kappa shape index (κ2) is 8.52. The van der Waals surface area contributed by atoms with E-state index in [-0.39, 0.29) is 24.3 Å². The third-order valence-corrected chi connectivity index (χ3v) is 6.25. The Balaban J connectivity index is 1.29. The number of hydrogen-bond donors (Lipinski definition) is 1. The van der Waals surface area contributed by atoms with Gasteiger partial charge in [-0.25, -0.2) is 9.37 Å². The number of likely N-dealkylation sites (tertiary alicyclic amines) is 1. The van der Waals surface area contributed by atoms with Crippen LogP contribution in [0.1, 0.15) is 31.2 Å². The van der Waals surface area contributed by atoms with Gasteiger partial charge < -0.3 is 9.84 Å². The number of halogens is 1. The molecule has 0 bridgehead atoms. The lowest BCUT2D eigenvalue weighted by molar-refractivity contribution is -0.118. The highest BCUT2D eigenvalue weighted by molar-refractivity contribution is 7.22. The van der Waals surface area contributed by atoms with Gasteiger partial charge in [-0.15, -0.1) is 0 Å². The fourth-order valence-electron chi connectivity index (χ4n) is 3.83. The molecule has 4 aromatic rings. The van der Waals surface area contributed by atoms with E-state index >= 15 is 0 Å². The Hall–Kier alpha value is -3.17. The highest BCUT2D eigenvalue weighted by atomic mass is 32.1. The summed E-state index contributed by atoms with van der Waals surface area (Å²) in [6.45, 7) is 0.962. The van der Waals surface area contributed by atoms with Crippen LogP contribution in [0.4, 0.5) is 9.52 Å². The maximum atomic E-state index is 13.4. The minimum absolute atomic E-state index is 0.103. The first-order valence-electron chi connectivity index (χ1n) is 10.1. The van der Waals surface area contributed by atoms with E-state index in [0.29, 0.717) is 27.1 Å². The van der Waals surface area contributed by atoms with Gasteiger partial charge in [0.2, 0.25) is 17.6 Å². The number of nitrogens with one attached hydrogen (secondary N) is 1. The van der Waals surface area contributed by atoms with Crippen LogP contribution in [-0.2, 0) is 4.79 Å². The van der Waals surface area contributed by atoms with E-state index in [1.807, 2.05) is 30.3 Å². The Morgan fingerprint density at radius 1 is 1.19 bits per heavy atom. The van der Waals surface area contributed by atoms with Crippen molar-refractivity contribution in [3.63, 3.8) is 0 Å². The maximum absolute atomic E-state index is 13.4. The number of hydrogen-bond acceptors (Lipinski definition) is 7. The molecular formula is C22H20FN5O2S. The molecule has 2 aromatic heterocycles. The Bertz CT molecular complexity index is 1210. The van der Waals surface area contributed by atoms with Gasteiger partial charge in [0.25, 0.3) is 0 Å². The molecule has 0 aliphatic carbocycles. The fourth-order valence-corrected chi connectivity index (χ4v) is 4.74. The molecule has 3 heterocycles. The van der Waals surface area contributed by atoms with Gasteiger partial charge in [-0.05, 0) is 37.6 Å². The quantitative estimate of drug-likeness (QED) is 0.489. The SMILES string of the molecule is O=C(CN1CCCCC1c1nc(-c2ccccc2)no1)Nc1nc2ccc(F)cc2s1. The summed E-state index contributed by atoms with van der Waals surface area (Å²) in [7, 11) is 0. The highest BCUT2D eigenvalue weighted by Crippen LogP contribution is 2.31. The van der Waals surface area contributed by atoms with Crippen LogP contribution in [0.3, 0.4) is 0 Å². The molecular weight excluding hydrogens is 417 g/mol. The minimum Gasteiger partial charge on any atom is -0.337 e. The lowest BCUT2D eigenvalue weighted by Crippen LogP contribution is -2.39. The van der Waals surface area contributed by atoms with E-state index in [1.54, 1.807) is 6.07 Å². The molecule has 1 amide bonds. The predicted octanol–water partition coefficient (Wildman–Crippen LogP) is 4.65. The zero-order valence-corrected chi connectivity index (χ0v) is 17.4. The molecule has 1 fully saturated rings. The van der Waals surface area contributed by atoms with Crippen LogP contribution >= 0.6 is 11.3 Å². The third-order valence-electron chi connectivity index (χ3n) is 5.32. The molecule has 1 atom stereocenters. The predicted molar refractivity (Wildman–Crippen MR) is 116 cm³/mol. The molecule has 158 valence electrons. The van der Waals surface area contributed by atoms with Crippen LogP contribution < -0.4 is 5.32 Å². The van der Waals surface area contributed by atoms with Crippen molar-refractivity contribution in [2.24, 2.45) is 0 Å². The van der Waals surface area contributed by atoms with Crippen molar-refractivity contribution < 1.29 is 13.7 Å². The topological polar surface area (TPSA) is 84.2 Å². The van der Waals surface area contributed by atoms with Crippen LogP contribution in [-0.4, -0.2) is 39.0 Å². The summed E-state index contributed by atoms with van der Waals surface area (Å²) >= 11 is 1.26.